The molecule has 0 heterocycles. The highest BCUT2D eigenvalue weighted by atomic mass is 35.5. The Balaban J connectivity index is 3.46. The number of hydrogen-bond acceptors (Lipinski definition) is 5. The van der Waals surface area contributed by atoms with E-state index < -0.39 is 43.1 Å². The van der Waals surface area contributed by atoms with E-state index in [0.29, 0.717) is 9.87 Å². The predicted octanol–water partition coefficient (Wildman–Crippen LogP) is 1.26. The Morgan fingerprint density at radius 2 is 2.05 bits per heavy atom. The summed E-state index contributed by atoms with van der Waals surface area (Å²) in [5.41, 5.74) is -0.225. The molecule has 0 aromatic heterocycles. The van der Waals surface area contributed by atoms with E-state index in [9.17, 15) is 23.3 Å². The van der Waals surface area contributed by atoms with Crippen LogP contribution in [0, 0.1) is 17.0 Å². The zero-order chi connectivity index (χ0) is 15.7. The van der Waals surface area contributed by atoms with Gasteiger partial charge in [0, 0.05) is 13.1 Å². The molecule has 0 saturated carbocycles. The fourth-order valence-electron chi connectivity index (χ4n) is 1.48. The minimum Gasteiger partial charge on any atom is -0.480 e. The standard InChI is InChI=1S/C10H11ClN2O6S/c1-6-3-7(13(16)17)10(11)8(4-6)20(18,19)12(2)5-9(14)15/h3-4H,5H2,1-2H3,(H,14,15). The molecule has 0 spiro atoms. The van der Waals surface area contributed by atoms with Gasteiger partial charge in [0.2, 0.25) is 10.0 Å². The highest BCUT2D eigenvalue weighted by Gasteiger charge is 2.29. The van der Waals surface area contributed by atoms with Gasteiger partial charge in [-0.25, -0.2) is 8.42 Å². The van der Waals surface area contributed by atoms with Gasteiger partial charge in [-0.05, 0) is 18.6 Å². The van der Waals surface area contributed by atoms with Crippen LogP contribution in [0.25, 0.3) is 0 Å². The molecule has 0 unspecified atom stereocenters. The van der Waals surface area contributed by atoms with Gasteiger partial charge in [0.25, 0.3) is 5.69 Å². The van der Waals surface area contributed by atoms with Crippen LogP contribution in [-0.4, -0.2) is 42.3 Å². The fourth-order valence-corrected chi connectivity index (χ4v) is 3.23. The number of nitro groups is 1. The molecule has 0 saturated heterocycles. The minimum absolute atomic E-state index is 0.323. The van der Waals surface area contributed by atoms with Crippen LogP contribution in [0.1, 0.15) is 5.56 Å². The molecule has 1 aromatic rings. The summed E-state index contributed by atoms with van der Waals surface area (Å²) in [6, 6.07) is 2.29. The molecule has 20 heavy (non-hydrogen) atoms. The molecule has 0 fully saturated rings. The zero-order valence-electron chi connectivity index (χ0n) is 10.5. The predicted molar refractivity (Wildman–Crippen MR) is 70.3 cm³/mol. The van der Waals surface area contributed by atoms with E-state index in [1.165, 1.54) is 6.92 Å². The minimum atomic E-state index is -4.23. The van der Waals surface area contributed by atoms with Gasteiger partial charge in [0.05, 0.1) is 4.92 Å². The summed E-state index contributed by atoms with van der Waals surface area (Å²) in [7, 11) is -3.18. The van der Waals surface area contributed by atoms with E-state index in [0.717, 1.165) is 19.2 Å². The molecule has 0 aliphatic carbocycles. The van der Waals surface area contributed by atoms with Crippen LogP contribution in [0.5, 0.6) is 0 Å². The summed E-state index contributed by atoms with van der Waals surface area (Å²) in [5, 5.41) is 18.9. The van der Waals surface area contributed by atoms with E-state index in [2.05, 4.69) is 0 Å². The van der Waals surface area contributed by atoms with Gasteiger partial charge in [-0.15, -0.1) is 0 Å². The summed E-state index contributed by atoms with van der Waals surface area (Å²) in [6.45, 7) is 0.694. The third kappa shape index (κ3) is 3.24. The molecular formula is C10H11ClN2O6S. The Bertz CT molecular complexity index is 673. The summed E-state index contributed by atoms with van der Waals surface area (Å²) < 4.78 is 24.9. The van der Waals surface area contributed by atoms with Gasteiger partial charge in [-0.1, -0.05) is 11.6 Å². The third-order valence-corrected chi connectivity index (χ3v) is 4.74. The van der Waals surface area contributed by atoms with E-state index in [-0.39, 0.29) is 0 Å². The van der Waals surface area contributed by atoms with E-state index >= 15 is 0 Å². The molecule has 8 nitrogen and oxygen atoms in total. The number of nitrogens with zero attached hydrogens (tertiary/aromatic N) is 2. The van der Waals surface area contributed by atoms with Crippen LogP contribution in [-0.2, 0) is 14.8 Å². The summed E-state index contributed by atoms with van der Waals surface area (Å²) in [5.74, 6) is -1.35. The quantitative estimate of drug-likeness (QED) is 0.644. The van der Waals surface area contributed by atoms with Crippen molar-refractivity contribution in [2.75, 3.05) is 13.6 Å². The molecule has 110 valence electrons. The monoisotopic (exact) mass is 322 g/mol. The first-order valence-electron chi connectivity index (χ1n) is 5.20. The molecule has 0 radical (unpaired) electrons. The number of aliphatic carboxylic acids is 1. The Morgan fingerprint density at radius 1 is 1.50 bits per heavy atom. The van der Waals surface area contributed by atoms with Gasteiger partial charge in [-0.3, -0.25) is 14.9 Å². The first-order chi connectivity index (χ1) is 9.07. The molecule has 1 aromatic carbocycles. The van der Waals surface area contributed by atoms with Crippen molar-refractivity contribution in [1.29, 1.82) is 0 Å². The highest BCUT2D eigenvalue weighted by Crippen LogP contribution is 2.33. The van der Waals surface area contributed by atoms with Gasteiger partial charge in [-0.2, -0.15) is 4.31 Å². The molecule has 1 rings (SSSR count). The van der Waals surface area contributed by atoms with Crippen molar-refractivity contribution in [3.63, 3.8) is 0 Å². The number of rotatable bonds is 5. The maximum Gasteiger partial charge on any atom is 0.318 e. The smallest absolute Gasteiger partial charge is 0.318 e. The van der Waals surface area contributed by atoms with Crippen molar-refractivity contribution < 1.29 is 23.2 Å². The Morgan fingerprint density at radius 3 is 2.50 bits per heavy atom. The number of sulfonamides is 1. The lowest BCUT2D eigenvalue weighted by Gasteiger charge is -2.16. The summed E-state index contributed by atoms with van der Waals surface area (Å²) in [4.78, 5) is 20.1. The van der Waals surface area contributed by atoms with Crippen LogP contribution >= 0.6 is 11.6 Å². The normalized spacial score (nSPS) is 11.6. The van der Waals surface area contributed by atoms with E-state index in [1.807, 2.05) is 0 Å². The van der Waals surface area contributed by atoms with Crippen molar-refractivity contribution in [3.05, 3.63) is 32.8 Å². The third-order valence-electron chi connectivity index (χ3n) is 2.41. The van der Waals surface area contributed by atoms with Crippen molar-refractivity contribution >= 4 is 33.3 Å². The molecule has 1 N–H and O–H groups in total. The lowest BCUT2D eigenvalue weighted by Crippen LogP contribution is -2.32. The molecule has 0 bridgehead atoms. The lowest BCUT2D eigenvalue weighted by atomic mass is 10.2. The van der Waals surface area contributed by atoms with Gasteiger partial charge >= 0.3 is 5.97 Å². The number of nitro benzene ring substituents is 1. The Hall–Kier alpha value is -1.71. The van der Waals surface area contributed by atoms with Crippen LogP contribution in [0.3, 0.4) is 0 Å². The van der Waals surface area contributed by atoms with Gasteiger partial charge in [0.15, 0.2) is 0 Å². The molecule has 10 heteroatoms. The second-order valence-electron chi connectivity index (χ2n) is 4.01. The van der Waals surface area contributed by atoms with Gasteiger partial charge < -0.3 is 5.11 Å². The SMILES string of the molecule is Cc1cc([N+](=O)[O-])c(Cl)c(S(=O)(=O)N(C)CC(=O)O)c1. The van der Waals surface area contributed by atoms with Crippen LogP contribution < -0.4 is 0 Å². The van der Waals surface area contributed by atoms with Gasteiger partial charge in [0.1, 0.15) is 16.5 Å². The second-order valence-corrected chi connectivity index (χ2v) is 6.40. The van der Waals surface area contributed by atoms with E-state index in [1.54, 1.807) is 0 Å². The average Bonchev–Trinajstić information content (AvgIpc) is 2.30. The molecule has 0 aliphatic heterocycles. The number of carboxylic acid groups (broad SMARTS) is 1. The molecule has 0 aliphatic rings. The zero-order valence-corrected chi connectivity index (χ0v) is 12.1. The van der Waals surface area contributed by atoms with Crippen LogP contribution in [0.15, 0.2) is 17.0 Å². The van der Waals surface area contributed by atoms with E-state index in [4.69, 9.17) is 16.7 Å². The molecule has 0 atom stereocenters. The van der Waals surface area contributed by atoms with Crippen molar-refractivity contribution in [1.82, 2.24) is 4.31 Å². The second kappa shape index (κ2) is 5.73. The molecule has 0 amide bonds. The number of halogens is 1. The summed E-state index contributed by atoms with van der Waals surface area (Å²) in [6.07, 6.45) is 0. The van der Waals surface area contributed by atoms with Crippen LogP contribution in [0.2, 0.25) is 5.02 Å². The Labute approximate surface area is 119 Å². The number of aryl methyl sites for hydroxylation is 1. The van der Waals surface area contributed by atoms with Crippen molar-refractivity contribution in [2.45, 2.75) is 11.8 Å². The number of likely N-dealkylation sites (N-methyl/N-ethyl adjacent to an activating group) is 1. The van der Waals surface area contributed by atoms with Crippen LogP contribution in [0.4, 0.5) is 5.69 Å². The average molecular weight is 323 g/mol. The Kier molecular flexibility index (Phi) is 4.69. The maximum absolute atomic E-state index is 12.2. The highest BCUT2D eigenvalue weighted by molar-refractivity contribution is 7.89. The molecular weight excluding hydrogens is 312 g/mol. The number of benzene rings is 1. The number of hydrogen-bond donors (Lipinski definition) is 1. The first kappa shape index (κ1) is 16.3. The fraction of sp³-hybridized carbons (Fsp3) is 0.300. The largest absolute Gasteiger partial charge is 0.480 e. The van der Waals surface area contributed by atoms with Crippen molar-refractivity contribution in [2.24, 2.45) is 0 Å². The number of carboxylic acids is 1. The summed E-state index contributed by atoms with van der Waals surface area (Å²) >= 11 is 5.75. The maximum atomic E-state index is 12.2. The first-order valence-corrected chi connectivity index (χ1v) is 7.02. The topological polar surface area (TPSA) is 118 Å². The number of carbonyl (C=O) groups is 1. The van der Waals surface area contributed by atoms with Crippen molar-refractivity contribution in [3.8, 4) is 0 Å². The lowest BCUT2D eigenvalue weighted by molar-refractivity contribution is -0.385.